The number of ether oxygens (including phenoxy) is 1. The van der Waals surface area contributed by atoms with Crippen molar-refractivity contribution >= 4 is 18.2 Å². The van der Waals surface area contributed by atoms with Crippen molar-refractivity contribution in [3.8, 4) is 0 Å². The average molecular weight is 209 g/mol. The number of fused-ring (bicyclic) bond motifs is 1. The zero-order valence-corrected chi connectivity index (χ0v) is 8.29. The molecule has 4 nitrogen and oxygen atoms in total. The minimum absolute atomic E-state index is 0.606. The van der Waals surface area contributed by atoms with Gasteiger partial charge in [0.15, 0.2) is 12.2 Å². The highest BCUT2D eigenvalue weighted by atomic mass is 16.5. The van der Waals surface area contributed by atoms with Gasteiger partial charge < -0.3 is 4.74 Å². The third-order valence-electron chi connectivity index (χ3n) is 3.08. The fourth-order valence-electron chi connectivity index (χ4n) is 2.33. The van der Waals surface area contributed by atoms with Crippen LogP contribution in [0.1, 0.15) is 11.3 Å². The molecule has 0 amide bonds. The Hall–Kier alpha value is -2.23. The Kier molecular flexibility index (Phi) is 1.23. The molecule has 0 bridgehead atoms. The van der Waals surface area contributed by atoms with Crippen molar-refractivity contribution in [1.82, 2.24) is 4.98 Å². The lowest BCUT2D eigenvalue weighted by Crippen LogP contribution is -2.34. The second-order valence-electron chi connectivity index (χ2n) is 3.85. The van der Waals surface area contributed by atoms with E-state index in [1.54, 1.807) is 12.4 Å². The first-order chi connectivity index (χ1) is 7.91. The number of pyridine rings is 1. The molecule has 1 spiro atoms. The molecule has 0 aromatic carbocycles. The summed E-state index contributed by atoms with van der Waals surface area (Å²) < 4.78 is 5.37. The third kappa shape index (κ3) is 0.713. The molecule has 2 aliphatic heterocycles. The normalized spacial score (nSPS) is 27.8. The molecule has 76 valence electrons. The van der Waals surface area contributed by atoms with Crippen LogP contribution in [0.25, 0.3) is 6.08 Å². The smallest absolute Gasteiger partial charge is 0.207 e. The molecule has 1 aliphatic carbocycles. The van der Waals surface area contributed by atoms with Crippen LogP contribution in [0.4, 0.5) is 0 Å². The summed E-state index contributed by atoms with van der Waals surface area (Å²) >= 11 is 0. The summed E-state index contributed by atoms with van der Waals surface area (Å²) in [5.41, 5.74) is 2.24. The Morgan fingerprint density at radius 1 is 1.25 bits per heavy atom. The van der Waals surface area contributed by atoms with E-state index in [1.807, 2.05) is 24.3 Å². The first-order valence-corrected chi connectivity index (χ1v) is 5.04. The van der Waals surface area contributed by atoms with Gasteiger partial charge in [-0.2, -0.15) is 0 Å². The molecule has 4 heteroatoms. The molecule has 0 N–H and O–H groups in total. The lowest BCUT2D eigenvalue weighted by Gasteiger charge is -2.26. The SMILES string of the molecule is C1=Cc2cccnc2C23N=COC2=CN=C13. The van der Waals surface area contributed by atoms with Crippen LogP contribution in [-0.4, -0.2) is 17.1 Å². The largest absolute Gasteiger partial charge is 0.445 e. The van der Waals surface area contributed by atoms with Crippen LogP contribution >= 0.6 is 0 Å². The van der Waals surface area contributed by atoms with Crippen LogP contribution in [0.15, 0.2) is 46.3 Å². The molecular weight excluding hydrogens is 202 g/mol. The number of aromatic nitrogens is 1. The number of rotatable bonds is 0. The van der Waals surface area contributed by atoms with Crippen LogP contribution in [0, 0.1) is 0 Å². The van der Waals surface area contributed by atoms with Gasteiger partial charge in [-0.1, -0.05) is 12.1 Å². The van der Waals surface area contributed by atoms with Gasteiger partial charge in [-0.3, -0.25) is 9.98 Å². The van der Waals surface area contributed by atoms with E-state index in [2.05, 4.69) is 15.0 Å². The Labute approximate surface area is 91.7 Å². The van der Waals surface area contributed by atoms with E-state index in [9.17, 15) is 0 Å². The van der Waals surface area contributed by atoms with E-state index >= 15 is 0 Å². The molecule has 1 atom stereocenters. The maximum Gasteiger partial charge on any atom is 0.207 e. The molecule has 0 fully saturated rings. The van der Waals surface area contributed by atoms with Gasteiger partial charge in [-0.25, -0.2) is 4.99 Å². The summed E-state index contributed by atoms with van der Waals surface area (Å²) in [6.07, 6.45) is 8.94. The fourth-order valence-corrected chi connectivity index (χ4v) is 2.33. The summed E-state index contributed by atoms with van der Waals surface area (Å²) in [4.78, 5) is 13.2. The predicted octanol–water partition coefficient (Wildman–Crippen LogP) is 1.66. The van der Waals surface area contributed by atoms with Crippen molar-refractivity contribution in [2.45, 2.75) is 5.54 Å². The Morgan fingerprint density at radius 3 is 3.25 bits per heavy atom. The standard InChI is InChI=1S/C12H7N3O/c1-2-8-3-4-9-12(11(8)13-5-1)10(6-14-9)16-7-15-12/h1-7H. The molecule has 1 aromatic rings. The monoisotopic (exact) mass is 209 g/mol. The zero-order chi connectivity index (χ0) is 10.6. The highest BCUT2D eigenvalue weighted by Gasteiger charge is 2.51. The highest BCUT2D eigenvalue weighted by Crippen LogP contribution is 2.45. The van der Waals surface area contributed by atoms with Crippen molar-refractivity contribution in [3.63, 3.8) is 0 Å². The van der Waals surface area contributed by atoms with Crippen LogP contribution in [-0.2, 0) is 10.3 Å². The van der Waals surface area contributed by atoms with E-state index in [0.717, 1.165) is 22.7 Å². The first kappa shape index (κ1) is 7.98. The number of nitrogens with zero attached hydrogens (tertiary/aromatic N) is 3. The number of hydrogen-bond acceptors (Lipinski definition) is 4. The molecular formula is C12H7N3O. The van der Waals surface area contributed by atoms with Gasteiger partial charge in [-0.15, -0.1) is 0 Å². The second kappa shape index (κ2) is 2.47. The molecule has 4 rings (SSSR count). The Bertz CT molecular complexity index is 612. The van der Waals surface area contributed by atoms with Gasteiger partial charge in [-0.05, 0) is 17.7 Å². The Morgan fingerprint density at radius 2 is 2.25 bits per heavy atom. The van der Waals surface area contributed by atoms with Gasteiger partial charge >= 0.3 is 0 Å². The third-order valence-corrected chi connectivity index (χ3v) is 3.08. The molecule has 16 heavy (non-hydrogen) atoms. The Balaban J connectivity index is 2.10. The van der Waals surface area contributed by atoms with Crippen molar-refractivity contribution in [2.75, 3.05) is 0 Å². The lowest BCUT2D eigenvalue weighted by atomic mass is 9.82. The van der Waals surface area contributed by atoms with E-state index < -0.39 is 5.54 Å². The van der Waals surface area contributed by atoms with Crippen molar-refractivity contribution in [2.24, 2.45) is 9.98 Å². The van der Waals surface area contributed by atoms with Gasteiger partial charge in [0.05, 0.1) is 17.6 Å². The predicted molar refractivity (Wildman–Crippen MR) is 60.0 cm³/mol. The van der Waals surface area contributed by atoms with Crippen LogP contribution in [0.5, 0.6) is 0 Å². The van der Waals surface area contributed by atoms with E-state index in [4.69, 9.17) is 4.74 Å². The maximum atomic E-state index is 5.37. The summed E-state index contributed by atoms with van der Waals surface area (Å²) in [6, 6.07) is 3.94. The summed E-state index contributed by atoms with van der Waals surface area (Å²) in [7, 11) is 0. The van der Waals surface area contributed by atoms with Gasteiger partial charge in [0.1, 0.15) is 0 Å². The van der Waals surface area contributed by atoms with Crippen molar-refractivity contribution in [3.05, 3.63) is 47.6 Å². The maximum absolute atomic E-state index is 5.37. The quantitative estimate of drug-likeness (QED) is 0.652. The van der Waals surface area contributed by atoms with Crippen molar-refractivity contribution < 1.29 is 4.74 Å². The number of hydrogen-bond donors (Lipinski definition) is 0. The van der Waals surface area contributed by atoms with Crippen LogP contribution in [0.2, 0.25) is 0 Å². The summed E-state index contributed by atoms with van der Waals surface area (Å²) in [5, 5.41) is 0. The number of aliphatic imine (C=N–C) groups is 2. The molecule has 0 saturated heterocycles. The molecule has 3 aliphatic rings. The van der Waals surface area contributed by atoms with Crippen molar-refractivity contribution in [1.29, 1.82) is 0 Å². The molecule has 3 heterocycles. The van der Waals surface area contributed by atoms with Gasteiger partial charge in [0.2, 0.25) is 5.54 Å². The van der Waals surface area contributed by atoms with E-state index in [-0.39, 0.29) is 0 Å². The molecule has 0 radical (unpaired) electrons. The van der Waals surface area contributed by atoms with Crippen LogP contribution < -0.4 is 0 Å². The zero-order valence-electron chi connectivity index (χ0n) is 8.29. The average Bonchev–Trinajstić information content (AvgIpc) is 2.86. The van der Waals surface area contributed by atoms with Crippen LogP contribution in [0.3, 0.4) is 0 Å². The topological polar surface area (TPSA) is 46.8 Å². The van der Waals surface area contributed by atoms with E-state index in [1.165, 1.54) is 6.40 Å². The van der Waals surface area contributed by atoms with Gasteiger partial charge in [0.25, 0.3) is 0 Å². The van der Waals surface area contributed by atoms with Gasteiger partial charge in [0, 0.05) is 6.20 Å². The highest BCUT2D eigenvalue weighted by molar-refractivity contribution is 6.13. The summed E-state index contributed by atoms with van der Waals surface area (Å²) in [5.74, 6) is 0.742. The molecule has 1 aromatic heterocycles. The minimum Gasteiger partial charge on any atom is -0.445 e. The van der Waals surface area contributed by atoms with E-state index in [0.29, 0.717) is 0 Å². The summed E-state index contributed by atoms with van der Waals surface area (Å²) in [6.45, 7) is 0. The first-order valence-electron chi connectivity index (χ1n) is 5.04. The second-order valence-corrected chi connectivity index (χ2v) is 3.85. The fraction of sp³-hybridized carbons (Fsp3) is 0.0833. The lowest BCUT2D eigenvalue weighted by molar-refractivity contribution is 0.411. The molecule has 1 unspecified atom stereocenters. The molecule has 0 saturated carbocycles. The minimum atomic E-state index is -0.606.